The van der Waals surface area contributed by atoms with Crippen molar-refractivity contribution >= 4 is 11.9 Å². The van der Waals surface area contributed by atoms with Crippen molar-refractivity contribution in [3.8, 4) is 11.1 Å². The van der Waals surface area contributed by atoms with Gasteiger partial charge in [0.05, 0.1) is 0 Å². The van der Waals surface area contributed by atoms with Gasteiger partial charge in [-0.25, -0.2) is 10.3 Å². The molecular formula is C31H35F3N4O5. The minimum Gasteiger partial charge on any atom is -0.475 e. The van der Waals surface area contributed by atoms with Gasteiger partial charge in [-0.2, -0.15) is 13.2 Å². The smallest absolute Gasteiger partial charge is 0.475 e. The summed E-state index contributed by atoms with van der Waals surface area (Å²) in [5.41, 5.74) is 6.91. The van der Waals surface area contributed by atoms with Crippen LogP contribution in [0, 0.1) is 5.92 Å². The predicted octanol–water partition coefficient (Wildman–Crippen LogP) is 4.16. The van der Waals surface area contributed by atoms with E-state index >= 15 is 0 Å². The molecule has 4 N–H and O–H groups in total. The maximum atomic E-state index is 11.6. The van der Waals surface area contributed by atoms with Crippen molar-refractivity contribution in [1.29, 1.82) is 0 Å². The van der Waals surface area contributed by atoms with Crippen molar-refractivity contribution in [2.75, 3.05) is 19.6 Å². The summed E-state index contributed by atoms with van der Waals surface area (Å²) in [6.07, 6.45) is 0.397. The summed E-state index contributed by atoms with van der Waals surface area (Å²) in [5, 5.41) is 19.7. The number of carbonyl (C=O) groups excluding carboxylic acids is 1. The standard InChI is InChI=1S/C29H34N4O3.C2HF3O2/c1-32-19-25(10-11-28(32)34)22-6-8-23(9-7-22)26-16-27(26)30-17-20-12-14-33(15-13-20)18-21-2-4-24(5-3-21)29(35)31-36;3-2(4,5)1(6)7/h2-11,19-20,26-27,30,36H,12-18H2,1H3,(H,31,35);(H,6,7). The number of likely N-dealkylation sites (tertiary alicyclic amines) is 1. The number of alkyl halides is 3. The number of aromatic nitrogens is 1. The fourth-order valence-corrected chi connectivity index (χ4v) is 5.23. The SMILES string of the molecule is Cn1cc(-c2ccc(C3CC3NCC3CCN(Cc4ccc(C(=O)NO)cc4)CC3)cc2)ccc1=O.O=C(O)C(F)(F)F. The van der Waals surface area contributed by atoms with Crippen LogP contribution in [-0.2, 0) is 18.4 Å². The highest BCUT2D eigenvalue weighted by Crippen LogP contribution is 2.41. The number of nitrogens with one attached hydrogen (secondary N) is 2. The number of pyridine rings is 1. The lowest BCUT2D eigenvalue weighted by atomic mass is 9.96. The van der Waals surface area contributed by atoms with Gasteiger partial charge in [0.1, 0.15) is 0 Å². The van der Waals surface area contributed by atoms with Crippen LogP contribution in [-0.4, -0.2) is 63.5 Å². The minimum atomic E-state index is -5.08. The Morgan fingerprint density at radius 1 is 0.953 bits per heavy atom. The van der Waals surface area contributed by atoms with Gasteiger partial charge in [-0.1, -0.05) is 36.4 Å². The summed E-state index contributed by atoms with van der Waals surface area (Å²) in [6, 6.07) is 20.3. The maximum Gasteiger partial charge on any atom is 0.490 e. The summed E-state index contributed by atoms with van der Waals surface area (Å²) in [5.74, 6) is -1.93. The molecule has 1 aliphatic carbocycles. The summed E-state index contributed by atoms with van der Waals surface area (Å²) >= 11 is 0. The number of hydrogen-bond acceptors (Lipinski definition) is 6. The molecule has 3 aromatic rings. The number of piperidine rings is 1. The second-order valence-corrected chi connectivity index (χ2v) is 11.0. The lowest BCUT2D eigenvalue weighted by Crippen LogP contribution is -2.37. The number of amides is 1. The molecule has 0 spiro atoms. The highest BCUT2D eigenvalue weighted by atomic mass is 19.4. The number of benzene rings is 2. The lowest BCUT2D eigenvalue weighted by Gasteiger charge is -2.32. The molecule has 2 aromatic carbocycles. The summed E-state index contributed by atoms with van der Waals surface area (Å²) in [4.78, 5) is 34.5. The van der Waals surface area contributed by atoms with E-state index in [1.54, 1.807) is 35.3 Å². The van der Waals surface area contributed by atoms with E-state index in [2.05, 4.69) is 34.5 Å². The van der Waals surface area contributed by atoms with E-state index in [1.165, 1.54) is 30.4 Å². The van der Waals surface area contributed by atoms with Crippen LogP contribution >= 0.6 is 0 Å². The number of carboxylic acids is 1. The van der Waals surface area contributed by atoms with Gasteiger partial charge in [-0.15, -0.1) is 0 Å². The maximum absolute atomic E-state index is 11.6. The van der Waals surface area contributed by atoms with Crippen molar-refractivity contribution in [3.05, 3.63) is 93.9 Å². The first kappa shape index (κ1) is 31.9. The average molecular weight is 601 g/mol. The molecular weight excluding hydrogens is 565 g/mol. The van der Waals surface area contributed by atoms with Crippen molar-refractivity contribution in [3.63, 3.8) is 0 Å². The van der Waals surface area contributed by atoms with E-state index in [-0.39, 0.29) is 5.56 Å². The van der Waals surface area contributed by atoms with Crippen LogP contribution in [0.1, 0.15) is 46.7 Å². The Morgan fingerprint density at radius 3 is 2.12 bits per heavy atom. The molecule has 1 saturated carbocycles. The molecule has 1 saturated heterocycles. The Kier molecular flexibility index (Phi) is 10.4. The van der Waals surface area contributed by atoms with Crippen molar-refractivity contribution < 1.29 is 33.1 Å². The molecule has 2 heterocycles. The first-order valence-electron chi connectivity index (χ1n) is 14.0. The molecule has 43 heavy (non-hydrogen) atoms. The van der Waals surface area contributed by atoms with E-state index in [0.29, 0.717) is 23.4 Å². The Bertz CT molecular complexity index is 1450. The van der Waals surface area contributed by atoms with Gasteiger partial charge < -0.3 is 15.0 Å². The monoisotopic (exact) mass is 600 g/mol. The highest BCUT2D eigenvalue weighted by molar-refractivity contribution is 5.93. The zero-order valence-electron chi connectivity index (χ0n) is 23.7. The fraction of sp³-hybridized carbons (Fsp3) is 0.387. The number of carbonyl (C=O) groups is 2. The lowest BCUT2D eigenvalue weighted by molar-refractivity contribution is -0.192. The van der Waals surface area contributed by atoms with Gasteiger partial charge in [-0.05, 0) is 85.3 Å². The number of carboxylic acid groups (broad SMARTS) is 1. The van der Waals surface area contributed by atoms with Gasteiger partial charge in [0.25, 0.3) is 5.91 Å². The molecule has 2 unspecified atom stereocenters. The number of hydroxylamine groups is 1. The van der Waals surface area contributed by atoms with Crippen LogP contribution in [0.25, 0.3) is 11.1 Å². The van der Waals surface area contributed by atoms with E-state index in [0.717, 1.165) is 37.3 Å². The van der Waals surface area contributed by atoms with Crippen LogP contribution in [0.4, 0.5) is 13.2 Å². The Balaban J connectivity index is 0.000000541. The van der Waals surface area contributed by atoms with E-state index in [1.807, 2.05) is 24.4 Å². The van der Waals surface area contributed by atoms with E-state index < -0.39 is 18.1 Å². The number of halogens is 3. The summed E-state index contributed by atoms with van der Waals surface area (Å²) in [7, 11) is 1.78. The van der Waals surface area contributed by atoms with E-state index in [9.17, 15) is 22.8 Å². The minimum absolute atomic E-state index is 0.00855. The Morgan fingerprint density at radius 2 is 1.56 bits per heavy atom. The number of nitrogens with zero attached hydrogens (tertiary/aromatic N) is 2. The van der Waals surface area contributed by atoms with Gasteiger partial charge in [0, 0.05) is 43.4 Å². The number of rotatable bonds is 8. The van der Waals surface area contributed by atoms with Gasteiger partial charge in [0.15, 0.2) is 0 Å². The fourth-order valence-electron chi connectivity index (χ4n) is 5.23. The van der Waals surface area contributed by atoms with Crippen LogP contribution in [0.5, 0.6) is 0 Å². The zero-order valence-corrected chi connectivity index (χ0v) is 23.7. The highest BCUT2D eigenvalue weighted by Gasteiger charge is 2.39. The molecule has 5 rings (SSSR count). The second kappa shape index (κ2) is 14.0. The van der Waals surface area contributed by atoms with Gasteiger partial charge >= 0.3 is 12.1 Å². The van der Waals surface area contributed by atoms with Crippen LogP contribution in [0.3, 0.4) is 0 Å². The number of aliphatic carboxylic acids is 1. The van der Waals surface area contributed by atoms with Gasteiger partial charge in [-0.3, -0.25) is 19.7 Å². The first-order chi connectivity index (χ1) is 20.4. The molecule has 0 bridgehead atoms. The Hall–Kier alpha value is -4.00. The molecule has 1 amide bonds. The quantitative estimate of drug-likeness (QED) is 0.226. The normalized spacial score (nSPS) is 18.8. The van der Waals surface area contributed by atoms with Crippen LogP contribution in [0.2, 0.25) is 0 Å². The molecule has 1 aromatic heterocycles. The topological polar surface area (TPSA) is 124 Å². The van der Waals surface area contributed by atoms with E-state index in [4.69, 9.17) is 15.1 Å². The average Bonchev–Trinajstić information content (AvgIpc) is 3.78. The molecule has 0 radical (unpaired) electrons. The zero-order chi connectivity index (χ0) is 31.1. The van der Waals surface area contributed by atoms with Gasteiger partial charge in [0.2, 0.25) is 5.56 Å². The third-order valence-electron chi connectivity index (χ3n) is 7.89. The molecule has 1 aliphatic heterocycles. The summed E-state index contributed by atoms with van der Waals surface area (Å²) < 4.78 is 33.4. The van der Waals surface area contributed by atoms with Crippen LogP contribution in [0.15, 0.2) is 71.7 Å². The van der Waals surface area contributed by atoms with Crippen molar-refractivity contribution in [1.82, 2.24) is 20.3 Å². The molecule has 230 valence electrons. The largest absolute Gasteiger partial charge is 0.490 e. The molecule has 12 heteroatoms. The molecule has 9 nitrogen and oxygen atoms in total. The van der Waals surface area contributed by atoms with Crippen LogP contribution < -0.4 is 16.4 Å². The third-order valence-corrected chi connectivity index (χ3v) is 7.89. The molecule has 2 aliphatic rings. The second-order valence-electron chi connectivity index (χ2n) is 11.0. The first-order valence-corrected chi connectivity index (χ1v) is 14.0. The Labute approximate surface area is 246 Å². The number of aryl methyl sites for hydroxylation is 1. The third kappa shape index (κ3) is 8.99. The predicted molar refractivity (Wildman–Crippen MR) is 154 cm³/mol. The summed E-state index contributed by atoms with van der Waals surface area (Å²) in [6.45, 7) is 4.15. The number of hydrogen-bond donors (Lipinski definition) is 4. The molecule has 2 atom stereocenters. The van der Waals surface area contributed by atoms with Crippen molar-refractivity contribution in [2.45, 2.75) is 43.9 Å². The molecule has 2 fully saturated rings. The van der Waals surface area contributed by atoms with Crippen molar-refractivity contribution in [2.24, 2.45) is 13.0 Å².